The van der Waals surface area contributed by atoms with Crippen molar-refractivity contribution >= 4 is 16.7 Å². The Morgan fingerprint density at radius 1 is 1.10 bits per heavy atom. The Kier molecular flexibility index (Phi) is 9.52. The van der Waals surface area contributed by atoms with Crippen LogP contribution in [0.4, 0.5) is 0 Å². The van der Waals surface area contributed by atoms with Gasteiger partial charge in [-0.2, -0.15) is 0 Å². The fourth-order valence-corrected chi connectivity index (χ4v) is 2.64. The summed E-state index contributed by atoms with van der Waals surface area (Å²) in [5.41, 5.74) is 3.91. The molecule has 0 saturated heterocycles. The van der Waals surface area contributed by atoms with Crippen LogP contribution in [-0.4, -0.2) is 30.1 Å². The Labute approximate surface area is 184 Å². The van der Waals surface area contributed by atoms with Gasteiger partial charge in [0, 0.05) is 43.7 Å². The number of pyridine rings is 1. The van der Waals surface area contributed by atoms with Crippen molar-refractivity contribution in [3.8, 4) is 22.8 Å². The van der Waals surface area contributed by atoms with Gasteiger partial charge in [0.1, 0.15) is 11.5 Å². The standard InChI is InChI=1S/C18H16NO2.C5H8O2.Ir/c1-12-5-4-6-13(9-12)16-8-7-15-17(19-16)10-14(20-2)11-18(15)21-3;1-4(6)3-5(2)7;/h4-5,7-11H,1-3H3;3,6H,1-2H3;/q-1;;/b;4-3-;. The van der Waals surface area contributed by atoms with Gasteiger partial charge in [0.2, 0.25) is 0 Å². The van der Waals surface area contributed by atoms with Gasteiger partial charge in [0.05, 0.1) is 25.5 Å². The minimum Gasteiger partial charge on any atom is -0.512 e. The molecule has 0 aliphatic rings. The first-order valence-electron chi connectivity index (χ1n) is 8.73. The van der Waals surface area contributed by atoms with Crippen molar-refractivity contribution in [3.63, 3.8) is 0 Å². The maximum Gasteiger partial charge on any atom is 0.155 e. The molecule has 2 aromatic carbocycles. The summed E-state index contributed by atoms with van der Waals surface area (Å²) in [6, 6.07) is 17.0. The van der Waals surface area contributed by atoms with E-state index in [4.69, 9.17) is 19.6 Å². The van der Waals surface area contributed by atoms with Gasteiger partial charge >= 0.3 is 0 Å². The number of benzene rings is 2. The zero-order valence-electron chi connectivity index (χ0n) is 17.1. The molecule has 155 valence electrons. The summed E-state index contributed by atoms with van der Waals surface area (Å²) in [6.07, 6.45) is 1.17. The van der Waals surface area contributed by atoms with E-state index in [9.17, 15) is 4.79 Å². The Balaban J connectivity index is 0.000000456. The van der Waals surface area contributed by atoms with Gasteiger partial charge in [0.25, 0.3) is 0 Å². The average molecular weight is 571 g/mol. The van der Waals surface area contributed by atoms with Crippen molar-refractivity contribution < 1.29 is 39.5 Å². The first kappa shape index (κ1) is 24.3. The van der Waals surface area contributed by atoms with Gasteiger partial charge in [0.15, 0.2) is 5.78 Å². The molecule has 3 aromatic rings. The molecule has 0 amide bonds. The molecule has 5 nitrogen and oxygen atoms in total. The van der Waals surface area contributed by atoms with Crippen molar-refractivity contribution in [2.75, 3.05) is 14.2 Å². The van der Waals surface area contributed by atoms with Crippen molar-refractivity contribution in [2.24, 2.45) is 0 Å². The molecule has 0 bridgehead atoms. The number of hydrogen-bond acceptors (Lipinski definition) is 5. The third-order valence-electron chi connectivity index (χ3n) is 3.84. The second-order valence-electron chi connectivity index (χ2n) is 6.27. The number of aliphatic hydroxyl groups excluding tert-OH is 1. The zero-order valence-corrected chi connectivity index (χ0v) is 19.5. The molecule has 29 heavy (non-hydrogen) atoms. The van der Waals surface area contributed by atoms with E-state index in [0.29, 0.717) is 0 Å². The smallest absolute Gasteiger partial charge is 0.155 e. The molecule has 0 fully saturated rings. The number of carbonyl (C=O) groups is 1. The predicted octanol–water partition coefficient (Wildman–Crippen LogP) is 5.06. The molecule has 0 unspecified atom stereocenters. The van der Waals surface area contributed by atoms with E-state index in [0.717, 1.165) is 33.7 Å². The number of rotatable bonds is 4. The second-order valence-corrected chi connectivity index (χ2v) is 6.27. The normalized spacial score (nSPS) is 10.4. The van der Waals surface area contributed by atoms with E-state index >= 15 is 0 Å². The molecule has 1 heterocycles. The molecular weight excluding hydrogens is 546 g/mol. The van der Waals surface area contributed by atoms with Gasteiger partial charge < -0.3 is 14.6 Å². The Morgan fingerprint density at radius 3 is 2.34 bits per heavy atom. The Hall–Kier alpha value is -2.69. The molecule has 0 spiro atoms. The van der Waals surface area contributed by atoms with E-state index in [1.54, 1.807) is 14.2 Å². The Morgan fingerprint density at radius 2 is 1.83 bits per heavy atom. The van der Waals surface area contributed by atoms with Crippen molar-refractivity contribution in [1.29, 1.82) is 0 Å². The number of methoxy groups -OCH3 is 2. The molecule has 0 atom stereocenters. The number of nitrogens with zero attached hydrogens (tertiary/aromatic N) is 1. The van der Waals surface area contributed by atoms with Crippen LogP contribution in [0.1, 0.15) is 19.4 Å². The van der Waals surface area contributed by atoms with Crippen molar-refractivity contribution in [2.45, 2.75) is 20.8 Å². The van der Waals surface area contributed by atoms with E-state index < -0.39 is 0 Å². The minimum atomic E-state index is -0.125. The van der Waals surface area contributed by atoms with E-state index in [-0.39, 0.29) is 31.6 Å². The average Bonchev–Trinajstić information content (AvgIpc) is 2.66. The molecule has 1 aromatic heterocycles. The van der Waals surface area contributed by atoms with Crippen molar-refractivity contribution in [1.82, 2.24) is 4.98 Å². The van der Waals surface area contributed by atoms with Crippen LogP contribution in [0.15, 0.2) is 54.3 Å². The molecule has 6 heteroatoms. The molecule has 1 N–H and O–H groups in total. The number of aryl methyl sites for hydroxylation is 1. The third kappa shape index (κ3) is 7.00. The number of ether oxygens (including phenoxy) is 2. The summed E-state index contributed by atoms with van der Waals surface area (Å²) in [6.45, 7) is 4.91. The van der Waals surface area contributed by atoms with Crippen LogP contribution in [0.25, 0.3) is 22.2 Å². The summed E-state index contributed by atoms with van der Waals surface area (Å²) < 4.78 is 10.7. The summed E-state index contributed by atoms with van der Waals surface area (Å²) in [7, 11) is 3.29. The van der Waals surface area contributed by atoms with Crippen LogP contribution in [-0.2, 0) is 24.9 Å². The fourth-order valence-electron chi connectivity index (χ4n) is 2.64. The minimum absolute atomic E-state index is 0. The van der Waals surface area contributed by atoms with Crippen LogP contribution in [0.3, 0.4) is 0 Å². The van der Waals surface area contributed by atoms with Crippen LogP contribution >= 0.6 is 0 Å². The van der Waals surface area contributed by atoms with Gasteiger partial charge in [-0.3, -0.25) is 9.78 Å². The summed E-state index contributed by atoms with van der Waals surface area (Å²) in [4.78, 5) is 14.7. The van der Waals surface area contributed by atoms with Gasteiger partial charge in [-0.05, 0) is 19.5 Å². The van der Waals surface area contributed by atoms with Gasteiger partial charge in [-0.15, -0.1) is 35.4 Å². The number of allylic oxidation sites excluding steroid dienone is 2. The van der Waals surface area contributed by atoms with Crippen molar-refractivity contribution in [3.05, 3.63) is 65.9 Å². The topological polar surface area (TPSA) is 68.7 Å². The van der Waals surface area contributed by atoms with E-state index in [1.165, 1.54) is 25.5 Å². The Bertz CT molecular complexity index is 1010. The van der Waals surface area contributed by atoms with Crippen LogP contribution < -0.4 is 9.47 Å². The molecule has 1 radical (unpaired) electrons. The van der Waals surface area contributed by atoms with E-state index in [2.05, 4.69) is 19.1 Å². The van der Waals surface area contributed by atoms with Gasteiger partial charge in [-0.1, -0.05) is 19.1 Å². The van der Waals surface area contributed by atoms with E-state index in [1.807, 2.05) is 36.4 Å². The number of ketones is 1. The van der Waals surface area contributed by atoms with Gasteiger partial charge in [-0.25, -0.2) is 0 Å². The molecule has 0 saturated carbocycles. The first-order chi connectivity index (χ1) is 13.3. The van der Waals surface area contributed by atoms with Crippen LogP contribution in [0.5, 0.6) is 11.5 Å². The summed E-state index contributed by atoms with van der Waals surface area (Å²) in [5.74, 6) is 1.43. The zero-order chi connectivity index (χ0) is 20.7. The SMILES string of the molecule is CC(=O)/C=C(/C)O.COc1cc(OC)c2ccc(-c3[c-]ccc(C)c3)nc2c1.[Ir]. The fraction of sp³-hybridized carbons (Fsp3) is 0.217. The largest absolute Gasteiger partial charge is 0.512 e. The monoisotopic (exact) mass is 571 g/mol. The summed E-state index contributed by atoms with van der Waals surface area (Å²) in [5, 5.41) is 9.33. The number of aromatic nitrogens is 1. The summed E-state index contributed by atoms with van der Waals surface area (Å²) >= 11 is 0. The van der Waals surface area contributed by atoms with Crippen LogP contribution in [0, 0.1) is 13.0 Å². The molecule has 0 aliphatic heterocycles. The molecular formula is C23H24IrNO4-. The number of carbonyl (C=O) groups excluding carboxylic acids is 1. The predicted molar refractivity (Wildman–Crippen MR) is 111 cm³/mol. The first-order valence-corrected chi connectivity index (χ1v) is 8.73. The number of hydrogen-bond donors (Lipinski definition) is 1. The third-order valence-corrected chi connectivity index (χ3v) is 3.84. The number of fused-ring (bicyclic) bond motifs is 1. The maximum atomic E-state index is 10.0. The molecule has 0 aliphatic carbocycles. The maximum absolute atomic E-state index is 10.0. The quantitative estimate of drug-likeness (QED) is 0.270. The van der Waals surface area contributed by atoms with Crippen LogP contribution in [0.2, 0.25) is 0 Å². The second kappa shape index (κ2) is 11.3. The molecule has 3 rings (SSSR count). The number of aliphatic hydroxyl groups is 1.